The molecular formula is C18H18FNO. The molecule has 0 saturated carbocycles. The highest BCUT2D eigenvalue weighted by Crippen LogP contribution is 2.23. The van der Waals surface area contributed by atoms with Crippen LogP contribution >= 0.6 is 0 Å². The Balaban J connectivity index is 1.63. The largest absolute Gasteiger partial charge is 0.338 e. The maximum Gasteiger partial charge on any atom is 0.253 e. The summed E-state index contributed by atoms with van der Waals surface area (Å²) in [6, 6.07) is 16.2. The van der Waals surface area contributed by atoms with Crippen molar-refractivity contribution in [3.05, 3.63) is 71.5 Å². The number of carbonyl (C=O) groups excluding carboxylic acids is 1. The van der Waals surface area contributed by atoms with Gasteiger partial charge >= 0.3 is 0 Å². The Morgan fingerprint density at radius 1 is 1.10 bits per heavy atom. The van der Waals surface area contributed by atoms with Gasteiger partial charge < -0.3 is 4.90 Å². The first kappa shape index (κ1) is 13.8. The van der Waals surface area contributed by atoms with Gasteiger partial charge in [0.2, 0.25) is 0 Å². The Bertz CT molecular complexity index is 626. The molecule has 1 amide bonds. The molecule has 1 aliphatic rings. The molecular weight excluding hydrogens is 265 g/mol. The summed E-state index contributed by atoms with van der Waals surface area (Å²) in [6.45, 7) is 1.47. The third kappa shape index (κ3) is 3.13. The Kier molecular flexibility index (Phi) is 4.00. The van der Waals surface area contributed by atoms with Crippen molar-refractivity contribution in [1.29, 1.82) is 0 Å². The van der Waals surface area contributed by atoms with Crippen LogP contribution in [-0.2, 0) is 6.42 Å². The summed E-state index contributed by atoms with van der Waals surface area (Å²) in [7, 11) is 0. The minimum Gasteiger partial charge on any atom is -0.338 e. The predicted molar refractivity (Wildman–Crippen MR) is 80.6 cm³/mol. The van der Waals surface area contributed by atoms with Crippen LogP contribution in [0.15, 0.2) is 54.6 Å². The minimum atomic E-state index is -0.148. The van der Waals surface area contributed by atoms with Gasteiger partial charge in [0.1, 0.15) is 5.82 Å². The SMILES string of the molecule is O=C(c1ccccc1)N1CCC(Cc2ccccc2F)C1. The molecule has 2 aromatic rings. The lowest BCUT2D eigenvalue weighted by Crippen LogP contribution is -2.28. The van der Waals surface area contributed by atoms with E-state index in [2.05, 4.69) is 0 Å². The third-order valence-electron chi connectivity index (χ3n) is 4.06. The van der Waals surface area contributed by atoms with E-state index in [0.29, 0.717) is 18.9 Å². The second-order valence-electron chi connectivity index (χ2n) is 5.57. The van der Waals surface area contributed by atoms with E-state index in [1.165, 1.54) is 6.07 Å². The number of rotatable bonds is 3. The van der Waals surface area contributed by atoms with Gasteiger partial charge in [-0.3, -0.25) is 4.79 Å². The van der Waals surface area contributed by atoms with E-state index >= 15 is 0 Å². The Hall–Kier alpha value is -2.16. The number of hydrogen-bond acceptors (Lipinski definition) is 1. The van der Waals surface area contributed by atoms with Gasteiger partial charge in [0, 0.05) is 18.7 Å². The van der Waals surface area contributed by atoms with Crippen LogP contribution in [0.3, 0.4) is 0 Å². The third-order valence-corrected chi connectivity index (χ3v) is 4.06. The molecule has 108 valence electrons. The highest BCUT2D eigenvalue weighted by Gasteiger charge is 2.27. The summed E-state index contributed by atoms with van der Waals surface area (Å²) in [5.41, 5.74) is 1.47. The van der Waals surface area contributed by atoms with Crippen molar-refractivity contribution in [2.24, 2.45) is 5.92 Å². The van der Waals surface area contributed by atoms with Crippen LogP contribution in [0.1, 0.15) is 22.3 Å². The fourth-order valence-electron chi connectivity index (χ4n) is 2.92. The fourth-order valence-corrected chi connectivity index (χ4v) is 2.92. The molecule has 1 aliphatic heterocycles. The van der Waals surface area contributed by atoms with Crippen molar-refractivity contribution < 1.29 is 9.18 Å². The average molecular weight is 283 g/mol. The Morgan fingerprint density at radius 3 is 2.57 bits per heavy atom. The normalized spacial score (nSPS) is 18.0. The molecule has 3 heteroatoms. The Morgan fingerprint density at radius 2 is 1.81 bits per heavy atom. The zero-order chi connectivity index (χ0) is 14.7. The van der Waals surface area contributed by atoms with Crippen LogP contribution in [0.4, 0.5) is 4.39 Å². The molecule has 0 spiro atoms. The van der Waals surface area contributed by atoms with Crippen molar-refractivity contribution in [3.63, 3.8) is 0 Å². The number of hydrogen-bond donors (Lipinski definition) is 0. The van der Waals surface area contributed by atoms with Gasteiger partial charge in [0.15, 0.2) is 0 Å². The fraction of sp³-hybridized carbons (Fsp3) is 0.278. The van der Waals surface area contributed by atoms with Crippen LogP contribution < -0.4 is 0 Å². The lowest BCUT2D eigenvalue weighted by molar-refractivity contribution is 0.0787. The van der Waals surface area contributed by atoms with Gasteiger partial charge in [0.25, 0.3) is 5.91 Å². The molecule has 2 nitrogen and oxygen atoms in total. The van der Waals surface area contributed by atoms with Crippen molar-refractivity contribution in [3.8, 4) is 0 Å². The van der Waals surface area contributed by atoms with Crippen LogP contribution in [0.25, 0.3) is 0 Å². The molecule has 0 bridgehead atoms. The molecule has 1 saturated heterocycles. The maximum absolute atomic E-state index is 13.7. The van der Waals surface area contributed by atoms with Gasteiger partial charge in [0.05, 0.1) is 0 Å². The molecule has 2 aromatic carbocycles. The molecule has 3 rings (SSSR count). The van der Waals surface area contributed by atoms with Gasteiger partial charge in [-0.15, -0.1) is 0 Å². The second-order valence-corrected chi connectivity index (χ2v) is 5.57. The van der Waals surface area contributed by atoms with Gasteiger partial charge in [-0.2, -0.15) is 0 Å². The minimum absolute atomic E-state index is 0.0756. The van der Waals surface area contributed by atoms with Crippen molar-refractivity contribution >= 4 is 5.91 Å². The first-order chi connectivity index (χ1) is 10.2. The lowest BCUT2D eigenvalue weighted by Gasteiger charge is -2.16. The summed E-state index contributed by atoms with van der Waals surface area (Å²) in [5, 5.41) is 0. The number of benzene rings is 2. The number of halogens is 1. The van der Waals surface area contributed by atoms with E-state index in [0.717, 1.165) is 24.1 Å². The standard InChI is InChI=1S/C18H18FNO/c19-17-9-5-4-8-16(17)12-14-10-11-20(13-14)18(21)15-6-2-1-3-7-15/h1-9,14H,10-13H2. The highest BCUT2D eigenvalue weighted by atomic mass is 19.1. The van der Waals surface area contributed by atoms with Crippen LogP contribution in [0, 0.1) is 11.7 Å². The maximum atomic E-state index is 13.7. The molecule has 0 radical (unpaired) electrons. The van der Waals surface area contributed by atoms with E-state index in [1.807, 2.05) is 47.4 Å². The zero-order valence-electron chi connectivity index (χ0n) is 11.8. The van der Waals surface area contributed by atoms with Crippen LogP contribution in [0.2, 0.25) is 0 Å². The second kappa shape index (κ2) is 6.08. The number of likely N-dealkylation sites (tertiary alicyclic amines) is 1. The molecule has 21 heavy (non-hydrogen) atoms. The quantitative estimate of drug-likeness (QED) is 0.844. The zero-order valence-corrected chi connectivity index (χ0v) is 11.8. The summed E-state index contributed by atoms with van der Waals surface area (Å²) in [5.74, 6) is 0.270. The molecule has 0 aliphatic carbocycles. The predicted octanol–water partition coefficient (Wildman–Crippen LogP) is 3.53. The smallest absolute Gasteiger partial charge is 0.253 e. The van der Waals surface area contributed by atoms with Gasteiger partial charge in [-0.1, -0.05) is 36.4 Å². The van der Waals surface area contributed by atoms with E-state index in [1.54, 1.807) is 6.07 Å². The summed E-state index contributed by atoms with van der Waals surface area (Å²) >= 11 is 0. The molecule has 0 aromatic heterocycles. The highest BCUT2D eigenvalue weighted by molar-refractivity contribution is 5.94. The molecule has 1 heterocycles. The topological polar surface area (TPSA) is 20.3 Å². The van der Waals surface area contributed by atoms with Crippen molar-refractivity contribution in [2.45, 2.75) is 12.8 Å². The van der Waals surface area contributed by atoms with Gasteiger partial charge in [-0.05, 0) is 42.5 Å². The van der Waals surface area contributed by atoms with Crippen molar-refractivity contribution in [2.75, 3.05) is 13.1 Å². The Labute approximate surface area is 124 Å². The van der Waals surface area contributed by atoms with Crippen LogP contribution in [0.5, 0.6) is 0 Å². The monoisotopic (exact) mass is 283 g/mol. The molecule has 1 unspecified atom stereocenters. The summed E-state index contributed by atoms with van der Waals surface area (Å²) in [6.07, 6.45) is 1.64. The van der Waals surface area contributed by atoms with E-state index < -0.39 is 0 Å². The first-order valence-corrected chi connectivity index (χ1v) is 7.32. The average Bonchev–Trinajstić information content (AvgIpc) is 2.98. The van der Waals surface area contributed by atoms with Crippen molar-refractivity contribution in [1.82, 2.24) is 4.90 Å². The first-order valence-electron chi connectivity index (χ1n) is 7.32. The number of carbonyl (C=O) groups is 1. The van der Waals surface area contributed by atoms with E-state index in [4.69, 9.17) is 0 Å². The van der Waals surface area contributed by atoms with E-state index in [-0.39, 0.29) is 11.7 Å². The van der Waals surface area contributed by atoms with Gasteiger partial charge in [-0.25, -0.2) is 4.39 Å². The van der Waals surface area contributed by atoms with E-state index in [9.17, 15) is 9.18 Å². The van der Waals surface area contributed by atoms with Crippen LogP contribution in [-0.4, -0.2) is 23.9 Å². The lowest BCUT2D eigenvalue weighted by atomic mass is 9.98. The summed E-state index contributed by atoms with van der Waals surface area (Å²) in [4.78, 5) is 14.2. The number of amides is 1. The number of nitrogens with zero attached hydrogens (tertiary/aromatic N) is 1. The molecule has 1 atom stereocenters. The molecule has 1 fully saturated rings. The summed E-state index contributed by atoms with van der Waals surface area (Å²) < 4.78 is 13.7. The molecule has 0 N–H and O–H groups in total.